The Labute approximate surface area is 83.5 Å². The Morgan fingerprint density at radius 3 is 2.47 bits per heavy atom. The van der Waals surface area contributed by atoms with Crippen molar-refractivity contribution in [2.24, 2.45) is 0 Å². The molecule has 0 unspecified atom stereocenters. The second-order valence-electron chi connectivity index (χ2n) is 3.08. The Morgan fingerprint density at radius 1 is 1.20 bits per heavy atom. The number of rotatable bonds is 1. The molecule has 1 aromatic carbocycles. The molecule has 1 aliphatic rings. The fraction of sp³-hybridized carbons (Fsp3) is 0.222. The SMILES string of the molecule is O=C1NCCN1c1c(F)ccc(F)c1F. The van der Waals surface area contributed by atoms with Crippen molar-refractivity contribution in [3.05, 3.63) is 29.6 Å². The maximum absolute atomic E-state index is 13.3. The summed E-state index contributed by atoms with van der Waals surface area (Å²) in [5.41, 5.74) is -0.634. The number of urea groups is 1. The smallest absolute Gasteiger partial charge is 0.322 e. The van der Waals surface area contributed by atoms with Gasteiger partial charge in [0.25, 0.3) is 0 Å². The van der Waals surface area contributed by atoms with E-state index in [0.29, 0.717) is 6.07 Å². The summed E-state index contributed by atoms with van der Waals surface area (Å²) < 4.78 is 39.3. The van der Waals surface area contributed by atoms with E-state index in [0.717, 1.165) is 11.0 Å². The second-order valence-corrected chi connectivity index (χ2v) is 3.08. The van der Waals surface area contributed by atoms with Crippen LogP contribution in [0.4, 0.5) is 23.7 Å². The molecule has 0 aliphatic carbocycles. The van der Waals surface area contributed by atoms with E-state index in [1.54, 1.807) is 0 Å². The number of hydrogen-bond acceptors (Lipinski definition) is 1. The summed E-state index contributed by atoms with van der Waals surface area (Å²) in [7, 11) is 0. The zero-order chi connectivity index (χ0) is 11.0. The van der Waals surface area contributed by atoms with Gasteiger partial charge in [-0.2, -0.15) is 0 Å². The maximum Gasteiger partial charge on any atom is 0.322 e. The highest BCUT2D eigenvalue weighted by Gasteiger charge is 2.28. The topological polar surface area (TPSA) is 32.3 Å². The van der Waals surface area contributed by atoms with Crippen molar-refractivity contribution in [1.29, 1.82) is 0 Å². The van der Waals surface area contributed by atoms with Gasteiger partial charge in [-0.25, -0.2) is 18.0 Å². The van der Waals surface area contributed by atoms with E-state index < -0.39 is 29.2 Å². The molecule has 80 valence electrons. The molecule has 1 saturated heterocycles. The highest BCUT2D eigenvalue weighted by molar-refractivity contribution is 5.94. The number of nitrogens with zero attached hydrogens (tertiary/aromatic N) is 1. The molecule has 6 heteroatoms. The van der Waals surface area contributed by atoms with Crippen molar-refractivity contribution in [2.75, 3.05) is 18.0 Å². The van der Waals surface area contributed by atoms with Gasteiger partial charge in [-0.15, -0.1) is 0 Å². The van der Waals surface area contributed by atoms with Crippen LogP contribution < -0.4 is 10.2 Å². The Morgan fingerprint density at radius 2 is 1.87 bits per heavy atom. The van der Waals surface area contributed by atoms with Gasteiger partial charge in [0.1, 0.15) is 11.5 Å². The normalized spacial score (nSPS) is 15.7. The minimum atomic E-state index is -1.34. The zero-order valence-corrected chi connectivity index (χ0v) is 7.56. The maximum atomic E-state index is 13.3. The number of carbonyl (C=O) groups excluding carboxylic acids is 1. The number of hydrogen-bond donors (Lipinski definition) is 1. The molecule has 0 saturated carbocycles. The van der Waals surface area contributed by atoms with Crippen LogP contribution in [0.2, 0.25) is 0 Å². The van der Waals surface area contributed by atoms with Crippen LogP contribution in [-0.2, 0) is 0 Å². The first-order valence-corrected chi connectivity index (χ1v) is 4.30. The van der Waals surface area contributed by atoms with Crippen LogP contribution in [0.5, 0.6) is 0 Å². The van der Waals surface area contributed by atoms with Crippen LogP contribution in [0, 0.1) is 17.5 Å². The van der Waals surface area contributed by atoms with E-state index in [9.17, 15) is 18.0 Å². The van der Waals surface area contributed by atoms with Crippen LogP contribution in [-0.4, -0.2) is 19.1 Å². The second kappa shape index (κ2) is 3.45. The molecule has 0 spiro atoms. The fourth-order valence-electron chi connectivity index (χ4n) is 1.45. The lowest BCUT2D eigenvalue weighted by molar-refractivity contribution is 0.251. The van der Waals surface area contributed by atoms with Crippen molar-refractivity contribution < 1.29 is 18.0 Å². The Balaban J connectivity index is 2.51. The average Bonchev–Trinajstić information content (AvgIpc) is 2.60. The molecule has 0 radical (unpaired) electrons. The predicted molar refractivity (Wildman–Crippen MR) is 47.1 cm³/mol. The quantitative estimate of drug-likeness (QED) is 0.711. The number of benzene rings is 1. The molecule has 2 amide bonds. The number of nitrogens with one attached hydrogen (secondary N) is 1. The number of amides is 2. The summed E-state index contributed by atoms with van der Waals surface area (Å²) in [6.45, 7) is 0.407. The van der Waals surface area contributed by atoms with Gasteiger partial charge in [0.15, 0.2) is 11.6 Å². The van der Waals surface area contributed by atoms with Crippen molar-refractivity contribution in [2.45, 2.75) is 0 Å². The Hall–Kier alpha value is -1.72. The van der Waals surface area contributed by atoms with Gasteiger partial charge < -0.3 is 5.32 Å². The van der Waals surface area contributed by atoms with E-state index in [1.165, 1.54) is 0 Å². The standard InChI is InChI=1S/C9H7F3N2O/c10-5-1-2-6(11)8(7(5)12)14-4-3-13-9(14)15/h1-2H,3-4H2,(H,13,15). The molecule has 2 rings (SSSR count). The first-order chi connectivity index (χ1) is 7.11. The largest absolute Gasteiger partial charge is 0.336 e. The summed E-state index contributed by atoms with van der Waals surface area (Å²) in [6, 6.07) is 0.847. The summed E-state index contributed by atoms with van der Waals surface area (Å²) in [4.78, 5) is 12.0. The van der Waals surface area contributed by atoms with Gasteiger partial charge in [-0.05, 0) is 12.1 Å². The summed E-state index contributed by atoms with van der Waals surface area (Å²) >= 11 is 0. The van der Waals surface area contributed by atoms with E-state index in [2.05, 4.69) is 5.32 Å². The summed E-state index contributed by atoms with van der Waals surface area (Å²) in [6.07, 6.45) is 0. The van der Waals surface area contributed by atoms with E-state index in [-0.39, 0.29) is 13.1 Å². The number of halogens is 3. The van der Waals surface area contributed by atoms with Crippen molar-refractivity contribution in [3.8, 4) is 0 Å². The molecule has 1 fully saturated rings. The molecule has 1 N–H and O–H groups in total. The molecule has 1 aliphatic heterocycles. The highest BCUT2D eigenvalue weighted by atomic mass is 19.2. The Kier molecular flexibility index (Phi) is 2.26. The molecular weight excluding hydrogens is 209 g/mol. The van der Waals surface area contributed by atoms with Crippen molar-refractivity contribution in [1.82, 2.24) is 5.32 Å². The van der Waals surface area contributed by atoms with E-state index in [1.807, 2.05) is 0 Å². The molecule has 3 nitrogen and oxygen atoms in total. The van der Waals surface area contributed by atoms with Crippen LogP contribution in [0.25, 0.3) is 0 Å². The van der Waals surface area contributed by atoms with Crippen LogP contribution in [0.1, 0.15) is 0 Å². The Bertz CT molecular complexity index is 422. The minimum Gasteiger partial charge on any atom is -0.336 e. The van der Waals surface area contributed by atoms with Gasteiger partial charge in [0, 0.05) is 13.1 Å². The lowest BCUT2D eigenvalue weighted by Crippen LogP contribution is -2.29. The lowest BCUT2D eigenvalue weighted by Gasteiger charge is -2.15. The van der Waals surface area contributed by atoms with Crippen molar-refractivity contribution >= 4 is 11.7 Å². The van der Waals surface area contributed by atoms with Crippen LogP contribution in [0.15, 0.2) is 12.1 Å². The first kappa shape index (κ1) is 9.82. The van der Waals surface area contributed by atoms with Gasteiger partial charge in [-0.1, -0.05) is 0 Å². The minimum absolute atomic E-state index is 0.121. The molecule has 0 aromatic heterocycles. The molecule has 1 heterocycles. The summed E-state index contributed by atoms with van der Waals surface area (Å²) in [5.74, 6) is -3.47. The van der Waals surface area contributed by atoms with Crippen LogP contribution in [0.3, 0.4) is 0 Å². The van der Waals surface area contributed by atoms with E-state index in [4.69, 9.17) is 0 Å². The molecule has 0 atom stereocenters. The van der Waals surface area contributed by atoms with Gasteiger partial charge in [0.2, 0.25) is 0 Å². The lowest BCUT2D eigenvalue weighted by atomic mass is 10.2. The van der Waals surface area contributed by atoms with Gasteiger partial charge in [0.05, 0.1) is 0 Å². The third-order valence-electron chi connectivity index (χ3n) is 2.15. The third kappa shape index (κ3) is 1.51. The van der Waals surface area contributed by atoms with E-state index >= 15 is 0 Å². The highest BCUT2D eigenvalue weighted by Crippen LogP contribution is 2.26. The van der Waals surface area contributed by atoms with Gasteiger partial charge >= 0.3 is 6.03 Å². The first-order valence-electron chi connectivity index (χ1n) is 4.30. The zero-order valence-electron chi connectivity index (χ0n) is 7.56. The number of carbonyl (C=O) groups is 1. The van der Waals surface area contributed by atoms with Crippen LogP contribution >= 0.6 is 0 Å². The summed E-state index contributed by atoms with van der Waals surface area (Å²) in [5, 5.41) is 2.37. The third-order valence-corrected chi connectivity index (χ3v) is 2.15. The van der Waals surface area contributed by atoms with Crippen molar-refractivity contribution in [3.63, 3.8) is 0 Å². The predicted octanol–water partition coefficient (Wildman–Crippen LogP) is 1.63. The molecular formula is C9H7F3N2O. The molecule has 0 bridgehead atoms. The molecule has 1 aromatic rings. The molecule has 15 heavy (non-hydrogen) atoms. The number of anilines is 1. The average molecular weight is 216 g/mol. The monoisotopic (exact) mass is 216 g/mol. The van der Waals surface area contributed by atoms with Gasteiger partial charge in [-0.3, -0.25) is 4.90 Å². The fourth-order valence-corrected chi connectivity index (χ4v) is 1.45.